The standard InChI is InChI=1S/C18H23N3O3/c1-13-4-6-14(7-5-13)16-8-9-18(23)21(20-16)12-17(22)19-11-15-3-2-10-24-15/h4-7,15H,2-3,8-12H2,1H3,(H,19,22). The Balaban J connectivity index is 1.60. The average Bonchev–Trinajstić information content (AvgIpc) is 3.09. The van der Waals surface area contributed by atoms with E-state index < -0.39 is 0 Å². The molecule has 1 unspecified atom stereocenters. The maximum Gasteiger partial charge on any atom is 0.243 e. The number of hydrogen-bond acceptors (Lipinski definition) is 4. The van der Waals surface area contributed by atoms with E-state index in [0.717, 1.165) is 30.7 Å². The molecule has 2 heterocycles. The average molecular weight is 329 g/mol. The molecule has 2 amide bonds. The molecule has 0 aromatic heterocycles. The number of rotatable bonds is 5. The van der Waals surface area contributed by atoms with E-state index in [1.165, 1.54) is 10.6 Å². The van der Waals surface area contributed by atoms with E-state index in [2.05, 4.69) is 10.4 Å². The highest BCUT2D eigenvalue weighted by molar-refractivity contribution is 6.04. The van der Waals surface area contributed by atoms with Crippen molar-refractivity contribution in [1.82, 2.24) is 10.3 Å². The first-order valence-electron chi connectivity index (χ1n) is 8.45. The van der Waals surface area contributed by atoms with E-state index in [1.54, 1.807) is 0 Å². The van der Waals surface area contributed by atoms with Crippen LogP contribution >= 0.6 is 0 Å². The summed E-state index contributed by atoms with van der Waals surface area (Å²) in [6.07, 6.45) is 3.09. The Labute approximate surface area is 141 Å². The Morgan fingerprint density at radius 3 is 2.83 bits per heavy atom. The number of benzene rings is 1. The summed E-state index contributed by atoms with van der Waals surface area (Å²) in [4.78, 5) is 24.1. The fraction of sp³-hybridized carbons (Fsp3) is 0.500. The Morgan fingerprint density at radius 2 is 2.12 bits per heavy atom. The molecule has 0 spiro atoms. The molecule has 1 aromatic carbocycles. The van der Waals surface area contributed by atoms with E-state index in [9.17, 15) is 9.59 Å². The number of hydrazone groups is 1. The number of hydrogen-bond donors (Lipinski definition) is 1. The van der Waals surface area contributed by atoms with Crippen molar-refractivity contribution in [3.05, 3.63) is 35.4 Å². The van der Waals surface area contributed by atoms with Gasteiger partial charge in [0.15, 0.2) is 0 Å². The van der Waals surface area contributed by atoms with E-state index in [1.807, 2.05) is 31.2 Å². The number of ether oxygens (including phenoxy) is 1. The molecule has 0 aliphatic carbocycles. The third-order valence-corrected chi connectivity index (χ3v) is 4.33. The van der Waals surface area contributed by atoms with Crippen molar-refractivity contribution in [2.45, 2.75) is 38.7 Å². The van der Waals surface area contributed by atoms with Gasteiger partial charge in [-0.25, -0.2) is 5.01 Å². The number of aryl methyl sites for hydroxylation is 1. The van der Waals surface area contributed by atoms with Gasteiger partial charge in [-0.2, -0.15) is 5.10 Å². The van der Waals surface area contributed by atoms with Crippen molar-refractivity contribution >= 4 is 17.5 Å². The summed E-state index contributed by atoms with van der Waals surface area (Å²) in [6.45, 7) is 3.24. The molecule has 128 valence electrons. The monoisotopic (exact) mass is 329 g/mol. The Hall–Kier alpha value is -2.21. The van der Waals surface area contributed by atoms with Crippen LogP contribution in [0.4, 0.5) is 0 Å². The molecule has 1 fully saturated rings. The quantitative estimate of drug-likeness (QED) is 0.892. The molecule has 0 bridgehead atoms. The maximum absolute atomic E-state index is 12.1. The van der Waals surface area contributed by atoms with Crippen molar-refractivity contribution < 1.29 is 14.3 Å². The second-order valence-electron chi connectivity index (χ2n) is 6.30. The summed E-state index contributed by atoms with van der Waals surface area (Å²) in [7, 11) is 0. The van der Waals surface area contributed by atoms with Gasteiger partial charge in [0, 0.05) is 26.0 Å². The Morgan fingerprint density at radius 1 is 1.33 bits per heavy atom. The molecule has 6 heteroatoms. The van der Waals surface area contributed by atoms with Crippen LogP contribution in [-0.2, 0) is 14.3 Å². The molecule has 1 saturated heterocycles. The van der Waals surface area contributed by atoms with Crippen LogP contribution in [0.2, 0.25) is 0 Å². The molecule has 2 aliphatic heterocycles. The highest BCUT2D eigenvalue weighted by atomic mass is 16.5. The van der Waals surface area contributed by atoms with E-state index in [4.69, 9.17) is 4.74 Å². The van der Waals surface area contributed by atoms with Gasteiger partial charge in [-0.1, -0.05) is 29.8 Å². The fourth-order valence-electron chi connectivity index (χ4n) is 2.90. The first-order valence-corrected chi connectivity index (χ1v) is 8.45. The minimum atomic E-state index is -0.201. The summed E-state index contributed by atoms with van der Waals surface area (Å²) in [5.41, 5.74) is 3.02. The van der Waals surface area contributed by atoms with Crippen LogP contribution in [0.3, 0.4) is 0 Å². The van der Waals surface area contributed by atoms with Crippen LogP contribution in [0.1, 0.15) is 36.8 Å². The lowest BCUT2D eigenvalue weighted by Crippen LogP contribution is -2.42. The highest BCUT2D eigenvalue weighted by Crippen LogP contribution is 2.16. The van der Waals surface area contributed by atoms with Gasteiger partial charge in [0.25, 0.3) is 0 Å². The lowest BCUT2D eigenvalue weighted by atomic mass is 10.0. The number of amides is 2. The summed E-state index contributed by atoms with van der Waals surface area (Å²) < 4.78 is 5.48. The lowest BCUT2D eigenvalue weighted by molar-refractivity contribution is -0.136. The second kappa shape index (κ2) is 7.57. The molecular weight excluding hydrogens is 306 g/mol. The smallest absolute Gasteiger partial charge is 0.243 e. The van der Waals surface area contributed by atoms with Gasteiger partial charge in [-0.05, 0) is 25.3 Å². The van der Waals surface area contributed by atoms with Crippen molar-refractivity contribution in [2.75, 3.05) is 19.7 Å². The SMILES string of the molecule is Cc1ccc(C2=NN(CC(=O)NCC3CCCO3)C(=O)CC2)cc1. The molecule has 1 aromatic rings. The van der Waals surface area contributed by atoms with Gasteiger partial charge in [0.1, 0.15) is 6.54 Å². The first-order chi connectivity index (χ1) is 11.6. The maximum atomic E-state index is 12.1. The first kappa shape index (κ1) is 16.6. The molecule has 0 saturated carbocycles. The zero-order valence-electron chi connectivity index (χ0n) is 14.0. The van der Waals surface area contributed by atoms with E-state index in [-0.39, 0.29) is 24.5 Å². The van der Waals surface area contributed by atoms with Crippen LogP contribution in [0.5, 0.6) is 0 Å². The predicted molar refractivity (Wildman–Crippen MR) is 90.6 cm³/mol. The molecule has 1 atom stereocenters. The summed E-state index contributed by atoms with van der Waals surface area (Å²) in [5, 5.41) is 8.50. The lowest BCUT2D eigenvalue weighted by Gasteiger charge is -2.23. The molecule has 0 radical (unpaired) electrons. The molecule has 2 aliphatic rings. The van der Waals surface area contributed by atoms with Crippen molar-refractivity contribution in [2.24, 2.45) is 5.10 Å². The number of carbonyl (C=O) groups excluding carboxylic acids is 2. The Kier molecular flexibility index (Phi) is 5.25. The van der Waals surface area contributed by atoms with Crippen LogP contribution in [0, 0.1) is 6.92 Å². The molecule has 6 nitrogen and oxygen atoms in total. The van der Waals surface area contributed by atoms with Gasteiger partial charge in [0.05, 0.1) is 11.8 Å². The third-order valence-electron chi connectivity index (χ3n) is 4.33. The van der Waals surface area contributed by atoms with Crippen LogP contribution < -0.4 is 5.32 Å². The van der Waals surface area contributed by atoms with Gasteiger partial charge in [0.2, 0.25) is 11.8 Å². The largest absolute Gasteiger partial charge is 0.376 e. The summed E-state index contributed by atoms with van der Waals surface area (Å²) in [6, 6.07) is 8.04. The zero-order valence-corrected chi connectivity index (χ0v) is 14.0. The zero-order chi connectivity index (χ0) is 16.9. The fourth-order valence-corrected chi connectivity index (χ4v) is 2.90. The van der Waals surface area contributed by atoms with E-state index >= 15 is 0 Å². The van der Waals surface area contributed by atoms with Gasteiger partial charge in [-0.3, -0.25) is 9.59 Å². The predicted octanol–water partition coefficient (Wildman–Crippen LogP) is 1.62. The number of carbonyl (C=O) groups is 2. The minimum absolute atomic E-state index is 0.0408. The topological polar surface area (TPSA) is 71.0 Å². The number of nitrogens with one attached hydrogen (secondary N) is 1. The van der Waals surface area contributed by atoms with Gasteiger partial charge in [-0.15, -0.1) is 0 Å². The summed E-state index contributed by atoms with van der Waals surface area (Å²) in [5.74, 6) is -0.314. The van der Waals surface area contributed by atoms with Gasteiger partial charge < -0.3 is 10.1 Å². The van der Waals surface area contributed by atoms with Crippen molar-refractivity contribution in [3.8, 4) is 0 Å². The molecular formula is C18H23N3O3. The second-order valence-corrected chi connectivity index (χ2v) is 6.30. The molecule has 24 heavy (non-hydrogen) atoms. The van der Waals surface area contributed by atoms with Gasteiger partial charge >= 0.3 is 0 Å². The molecule has 3 rings (SSSR count). The van der Waals surface area contributed by atoms with E-state index in [0.29, 0.717) is 19.4 Å². The van der Waals surface area contributed by atoms with Crippen molar-refractivity contribution in [3.63, 3.8) is 0 Å². The summed E-state index contributed by atoms with van der Waals surface area (Å²) >= 11 is 0. The number of nitrogens with zero attached hydrogens (tertiary/aromatic N) is 2. The van der Waals surface area contributed by atoms with Crippen LogP contribution in [-0.4, -0.2) is 48.3 Å². The van der Waals surface area contributed by atoms with Crippen LogP contribution in [0.25, 0.3) is 0 Å². The normalized spacial score (nSPS) is 20.9. The van der Waals surface area contributed by atoms with Crippen molar-refractivity contribution in [1.29, 1.82) is 0 Å². The molecule has 1 N–H and O–H groups in total. The van der Waals surface area contributed by atoms with Crippen LogP contribution in [0.15, 0.2) is 29.4 Å². The third kappa shape index (κ3) is 4.20. The minimum Gasteiger partial charge on any atom is -0.376 e. The highest BCUT2D eigenvalue weighted by Gasteiger charge is 2.24. The Bertz CT molecular complexity index is 633.